The van der Waals surface area contributed by atoms with Crippen molar-refractivity contribution >= 4 is 17.9 Å². The van der Waals surface area contributed by atoms with Crippen molar-refractivity contribution in [1.29, 1.82) is 0 Å². The Labute approximate surface area is 196 Å². The summed E-state index contributed by atoms with van der Waals surface area (Å²) in [5.41, 5.74) is -1.44. The van der Waals surface area contributed by atoms with Gasteiger partial charge in [-0.2, -0.15) is 0 Å². The third-order valence-corrected chi connectivity index (χ3v) is 5.12. The van der Waals surface area contributed by atoms with E-state index < -0.39 is 42.4 Å². The Morgan fingerprint density at radius 3 is 2.35 bits per heavy atom. The van der Waals surface area contributed by atoms with Gasteiger partial charge in [-0.25, -0.2) is 14.4 Å². The van der Waals surface area contributed by atoms with E-state index in [9.17, 15) is 24.3 Å². The van der Waals surface area contributed by atoms with Gasteiger partial charge in [0.2, 0.25) is 0 Å². The van der Waals surface area contributed by atoms with Crippen molar-refractivity contribution in [2.24, 2.45) is 5.41 Å². The van der Waals surface area contributed by atoms with Crippen LogP contribution >= 0.6 is 0 Å². The van der Waals surface area contributed by atoms with Crippen LogP contribution in [0.5, 0.6) is 0 Å². The molecule has 1 saturated heterocycles. The van der Waals surface area contributed by atoms with Crippen molar-refractivity contribution in [3.05, 3.63) is 34.3 Å². The molecule has 12 nitrogen and oxygen atoms in total. The maximum Gasteiger partial charge on any atom is 0.519 e. The summed E-state index contributed by atoms with van der Waals surface area (Å²) in [4.78, 5) is 49.1. The second-order valence-corrected chi connectivity index (χ2v) is 8.00. The molecule has 190 valence electrons. The van der Waals surface area contributed by atoms with E-state index in [4.69, 9.17) is 18.9 Å². The summed E-state index contributed by atoms with van der Waals surface area (Å²) in [5.74, 6) is -3.18. The highest BCUT2D eigenvalue weighted by Crippen LogP contribution is 2.19. The quantitative estimate of drug-likeness (QED) is 0.177. The topological polar surface area (TPSA) is 155 Å². The van der Waals surface area contributed by atoms with Crippen LogP contribution in [0.25, 0.3) is 0 Å². The largest absolute Gasteiger partial charge is 0.519 e. The molecular weight excluding hydrogens is 454 g/mol. The minimum atomic E-state index is -1.44. The van der Waals surface area contributed by atoms with Crippen molar-refractivity contribution in [1.82, 2.24) is 4.90 Å². The van der Waals surface area contributed by atoms with Crippen LogP contribution in [-0.4, -0.2) is 80.6 Å². The van der Waals surface area contributed by atoms with Gasteiger partial charge >= 0.3 is 23.7 Å². The minimum absolute atomic E-state index is 0.0487. The van der Waals surface area contributed by atoms with Gasteiger partial charge < -0.3 is 32.9 Å². The lowest BCUT2D eigenvalue weighted by Gasteiger charge is -2.26. The van der Waals surface area contributed by atoms with E-state index in [1.807, 2.05) is 0 Å². The standard InChI is InChI=1S/C22H31NO11/c1-16-17(34-21(28)33-16)13-31-18(25)5-6-19(26)32-15-22(2,14-24)20(27)30-10-4-3-7-23-8-11-29-12-9-23/h5-6,24H,3-4,7-15H2,1-2H3/b6-5+. The predicted octanol–water partition coefficient (Wildman–Crippen LogP) is 0.338. The molecule has 2 rings (SSSR count). The first-order valence-electron chi connectivity index (χ1n) is 10.9. The Hall–Kier alpha value is -2.96. The lowest BCUT2D eigenvalue weighted by atomic mass is 9.93. The molecule has 0 spiro atoms. The van der Waals surface area contributed by atoms with Gasteiger partial charge in [0.1, 0.15) is 12.0 Å². The molecule has 0 radical (unpaired) electrons. The Morgan fingerprint density at radius 2 is 1.74 bits per heavy atom. The molecule has 0 bridgehead atoms. The molecule has 0 aliphatic carbocycles. The zero-order valence-electron chi connectivity index (χ0n) is 19.4. The number of ether oxygens (including phenoxy) is 4. The smallest absolute Gasteiger partial charge is 0.465 e. The summed E-state index contributed by atoms with van der Waals surface area (Å²) in [6.07, 6.45) is 3.15. The van der Waals surface area contributed by atoms with Crippen molar-refractivity contribution in [3.63, 3.8) is 0 Å². The van der Waals surface area contributed by atoms with E-state index in [0.29, 0.717) is 6.42 Å². The van der Waals surface area contributed by atoms with Crippen molar-refractivity contribution < 1.29 is 47.3 Å². The molecule has 1 fully saturated rings. The fraction of sp³-hybridized carbons (Fsp3) is 0.636. The third-order valence-electron chi connectivity index (χ3n) is 5.12. The molecule has 34 heavy (non-hydrogen) atoms. The van der Waals surface area contributed by atoms with E-state index >= 15 is 0 Å². The SMILES string of the molecule is Cc1oc(=O)oc1COC(=O)/C=C/C(=O)OCC(C)(CO)C(=O)OCCCCN1CCOCC1. The average Bonchev–Trinajstić information content (AvgIpc) is 3.16. The van der Waals surface area contributed by atoms with Gasteiger partial charge in [0.05, 0.1) is 26.4 Å². The summed E-state index contributed by atoms with van der Waals surface area (Å²) in [5, 5.41) is 9.62. The third kappa shape index (κ3) is 9.12. The Bertz CT molecular complexity index is 897. The summed E-state index contributed by atoms with van der Waals surface area (Å²) in [6.45, 7) is 5.82. The van der Waals surface area contributed by atoms with E-state index in [1.165, 1.54) is 13.8 Å². The Balaban J connectivity index is 1.67. The number of aryl methyl sites for hydroxylation is 1. The maximum absolute atomic E-state index is 12.4. The molecule has 1 aliphatic rings. The summed E-state index contributed by atoms with van der Waals surface area (Å²) >= 11 is 0. The Kier molecular flexibility index (Phi) is 11.0. The number of esters is 3. The number of morpholine rings is 1. The van der Waals surface area contributed by atoms with Gasteiger partial charge in [-0.3, -0.25) is 9.69 Å². The van der Waals surface area contributed by atoms with Gasteiger partial charge in [-0.05, 0) is 33.2 Å². The fourth-order valence-corrected chi connectivity index (χ4v) is 2.88. The van der Waals surface area contributed by atoms with Crippen LogP contribution in [0.3, 0.4) is 0 Å². The average molecular weight is 485 g/mol. The normalized spacial score (nSPS) is 16.2. The lowest BCUT2D eigenvalue weighted by molar-refractivity contribution is -0.164. The molecule has 1 atom stereocenters. The van der Waals surface area contributed by atoms with Gasteiger partial charge in [0.25, 0.3) is 0 Å². The molecular formula is C22H31NO11. The number of carbonyl (C=O) groups is 3. The number of rotatable bonds is 13. The van der Waals surface area contributed by atoms with Crippen LogP contribution in [-0.2, 0) is 39.9 Å². The monoisotopic (exact) mass is 485 g/mol. The first kappa shape index (κ1) is 27.3. The van der Waals surface area contributed by atoms with Gasteiger partial charge in [-0.15, -0.1) is 0 Å². The van der Waals surface area contributed by atoms with Gasteiger partial charge in [0, 0.05) is 25.2 Å². The second-order valence-electron chi connectivity index (χ2n) is 8.00. The van der Waals surface area contributed by atoms with Crippen molar-refractivity contribution in [2.45, 2.75) is 33.3 Å². The van der Waals surface area contributed by atoms with Gasteiger partial charge in [-0.1, -0.05) is 0 Å². The van der Waals surface area contributed by atoms with Crippen LogP contribution in [0.2, 0.25) is 0 Å². The van der Waals surface area contributed by atoms with Crippen LogP contribution in [0, 0.1) is 12.3 Å². The molecule has 2 heterocycles. The van der Waals surface area contributed by atoms with Crippen LogP contribution in [0.1, 0.15) is 31.3 Å². The number of carbonyl (C=O) groups excluding carboxylic acids is 3. The van der Waals surface area contributed by atoms with Crippen molar-refractivity contribution in [3.8, 4) is 0 Å². The molecule has 1 aliphatic heterocycles. The summed E-state index contributed by atoms with van der Waals surface area (Å²) in [6, 6.07) is 0. The zero-order valence-corrected chi connectivity index (χ0v) is 19.4. The summed E-state index contributed by atoms with van der Waals surface area (Å²) < 4.78 is 29.6. The molecule has 0 saturated carbocycles. The number of hydrogen-bond acceptors (Lipinski definition) is 12. The fourth-order valence-electron chi connectivity index (χ4n) is 2.88. The van der Waals surface area contributed by atoms with Crippen molar-refractivity contribution in [2.75, 3.05) is 52.7 Å². The predicted molar refractivity (Wildman–Crippen MR) is 115 cm³/mol. The number of hydrogen-bond donors (Lipinski definition) is 1. The molecule has 0 amide bonds. The number of nitrogens with zero attached hydrogens (tertiary/aromatic N) is 1. The highest BCUT2D eigenvalue weighted by molar-refractivity contribution is 5.91. The lowest BCUT2D eigenvalue weighted by Crippen LogP contribution is -2.39. The van der Waals surface area contributed by atoms with Crippen LogP contribution in [0.15, 0.2) is 25.8 Å². The zero-order chi connectivity index (χ0) is 25.0. The first-order chi connectivity index (χ1) is 16.2. The van der Waals surface area contributed by atoms with Crippen LogP contribution < -0.4 is 5.82 Å². The van der Waals surface area contributed by atoms with E-state index in [1.54, 1.807) is 0 Å². The van der Waals surface area contributed by atoms with Gasteiger partial charge in [0.15, 0.2) is 18.1 Å². The molecule has 12 heteroatoms. The molecule has 1 N–H and O–H groups in total. The molecule has 1 unspecified atom stereocenters. The van der Waals surface area contributed by atoms with E-state index in [2.05, 4.69) is 13.7 Å². The maximum atomic E-state index is 12.4. The highest BCUT2D eigenvalue weighted by Gasteiger charge is 2.36. The number of unbranched alkanes of at least 4 members (excludes halogenated alkanes) is 1. The molecule has 1 aromatic rings. The summed E-state index contributed by atoms with van der Waals surface area (Å²) in [7, 11) is 0. The van der Waals surface area contributed by atoms with E-state index in [-0.39, 0.29) is 24.7 Å². The Morgan fingerprint density at radius 1 is 1.06 bits per heavy atom. The van der Waals surface area contributed by atoms with Crippen LogP contribution in [0.4, 0.5) is 0 Å². The molecule has 1 aromatic heterocycles. The molecule has 0 aromatic carbocycles. The number of aliphatic hydroxyl groups is 1. The second kappa shape index (κ2) is 13.7. The first-order valence-corrected chi connectivity index (χ1v) is 10.9. The number of aliphatic hydroxyl groups excluding tert-OH is 1. The minimum Gasteiger partial charge on any atom is -0.465 e. The highest BCUT2D eigenvalue weighted by atomic mass is 16.6. The van der Waals surface area contributed by atoms with E-state index in [0.717, 1.165) is 51.4 Å².